The Bertz CT molecular complexity index is 941. The van der Waals surface area contributed by atoms with Crippen LogP contribution in [-0.4, -0.2) is 41.8 Å². The van der Waals surface area contributed by atoms with Gasteiger partial charge >= 0.3 is 12.1 Å². The summed E-state index contributed by atoms with van der Waals surface area (Å²) in [6.45, 7) is 1.12. The third-order valence-electron chi connectivity index (χ3n) is 7.45. The number of aliphatic carboxylic acids is 1. The van der Waals surface area contributed by atoms with Gasteiger partial charge in [0.05, 0.1) is 5.41 Å². The SMILES string of the molecule is O=C(OCC1c2ccccc2-c2ccccc21)N1CCC2CCCCC2(C(=O)O)C1. The average Bonchev–Trinajstić information content (AvgIpc) is 3.10. The van der Waals surface area contributed by atoms with Crippen molar-refractivity contribution >= 4 is 12.1 Å². The number of benzene rings is 2. The second-order valence-electron chi connectivity index (χ2n) is 8.92. The van der Waals surface area contributed by atoms with E-state index in [1.54, 1.807) is 4.90 Å². The Labute approximate surface area is 176 Å². The smallest absolute Gasteiger partial charge is 0.409 e. The van der Waals surface area contributed by atoms with Gasteiger partial charge in [0.2, 0.25) is 0 Å². The molecule has 30 heavy (non-hydrogen) atoms. The van der Waals surface area contributed by atoms with Crippen LogP contribution in [0.2, 0.25) is 0 Å². The van der Waals surface area contributed by atoms with Crippen molar-refractivity contribution in [2.45, 2.75) is 38.0 Å². The lowest BCUT2D eigenvalue weighted by molar-refractivity contribution is -0.159. The number of likely N-dealkylation sites (tertiary alicyclic amines) is 1. The number of carbonyl (C=O) groups excluding carboxylic acids is 1. The largest absolute Gasteiger partial charge is 0.481 e. The highest BCUT2D eigenvalue weighted by Gasteiger charge is 2.51. The number of hydrogen-bond donors (Lipinski definition) is 1. The van der Waals surface area contributed by atoms with Crippen LogP contribution < -0.4 is 0 Å². The molecule has 2 atom stereocenters. The van der Waals surface area contributed by atoms with Crippen molar-refractivity contribution in [3.63, 3.8) is 0 Å². The van der Waals surface area contributed by atoms with E-state index in [0.29, 0.717) is 13.0 Å². The number of carboxylic acid groups (broad SMARTS) is 1. The Balaban J connectivity index is 1.32. The van der Waals surface area contributed by atoms with Crippen LogP contribution in [0.25, 0.3) is 11.1 Å². The number of rotatable bonds is 3. The minimum atomic E-state index is -0.803. The van der Waals surface area contributed by atoms with Gasteiger partial charge in [-0.05, 0) is 47.4 Å². The van der Waals surface area contributed by atoms with Crippen LogP contribution in [0.3, 0.4) is 0 Å². The third kappa shape index (κ3) is 2.99. The number of hydrogen-bond acceptors (Lipinski definition) is 3. The first-order chi connectivity index (χ1) is 14.6. The molecule has 2 unspecified atom stereocenters. The number of fused-ring (bicyclic) bond motifs is 4. The highest BCUT2D eigenvalue weighted by molar-refractivity contribution is 5.79. The summed E-state index contributed by atoms with van der Waals surface area (Å²) >= 11 is 0. The van der Waals surface area contributed by atoms with Gasteiger partial charge in [0, 0.05) is 19.0 Å². The second kappa shape index (κ2) is 7.46. The van der Waals surface area contributed by atoms with Crippen LogP contribution in [0.5, 0.6) is 0 Å². The monoisotopic (exact) mass is 405 g/mol. The van der Waals surface area contributed by atoms with Crippen LogP contribution in [0, 0.1) is 11.3 Å². The molecule has 5 rings (SSSR count). The van der Waals surface area contributed by atoms with E-state index < -0.39 is 11.4 Å². The lowest BCUT2D eigenvalue weighted by atomic mass is 9.63. The molecule has 2 fully saturated rings. The number of ether oxygens (including phenoxy) is 1. The molecule has 2 aromatic rings. The molecule has 5 nitrogen and oxygen atoms in total. The van der Waals surface area contributed by atoms with Crippen molar-refractivity contribution in [2.75, 3.05) is 19.7 Å². The molecule has 0 radical (unpaired) electrons. The Morgan fingerprint density at radius 2 is 1.67 bits per heavy atom. The molecule has 2 aromatic carbocycles. The van der Waals surface area contributed by atoms with Crippen molar-refractivity contribution < 1.29 is 19.4 Å². The predicted octanol–water partition coefficient (Wildman–Crippen LogP) is 4.90. The number of carboxylic acids is 1. The zero-order valence-corrected chi connectivity index (χ0v) is 17.0. The van der Waals surface area contributed by atoms with Gasteiger partial charge in [-0.25, -0.2) is 4.79 Å². The molecule has 0 bridgehead atoms. The van der Waals surface area contributed by atoms with Gasteiger partial charge in [0.25, 0.3) is 0 Å². The van der Waals surface area contributed by atoms with E-state index >= 15 is 0 Å². The fraction of sp³-hybridized carbons (Fsp3) is 0.440. The molecule has 0 spiro atoms. The molecule has 3 aliphatic rings. The van der Waals surface area contributed by atoms with E-state index in [-0.39, 0.29) is 31.1 Å². The number of carbonyl (C=O) groups is 2. The van der Waals surface area contributed by atoms with E-state index in [9.17, 15) is 14.7 Å². The molecule has 1 saturated heterocycles. The first kappa shape index (κ1) is 19.2. The lowest BCUT2D eigenvalue weighted by Gasteiger charge is -2.47. The molecule has 1 heterocycles. The minimum absolute atomic E-state index is 0.0157. The van der Waals surface area contributed by atoms with E-state index in [0.717, 1.165) is 25.7 Å². The summed E-state index contributed by atoms with van der Waals surface area (Å²) in [6, 6.07) is 16.5. The van der Waals surface area contributed by atoms with Crippen LogP contribution in [-0.2, 0) is 9.53 Å². The summed E-state index contributed by atoms with van der Waals surface area (Å²) in [5, 5.41) is 9.97. The van der Waals surface area contributed by atoms with E-state index in [1.807, 2.05) is 24.3 Å². The summed E-state index contributed by atoms with van der Waals surface area (Å²) < 4.78 is 5.78. The van der Waals surface area contributed by atoms with Gasteiger partial charge in [0.1, 0.15) is 6.61 Å². The van der Waals surface area contributed by atoms with Crippen molar-refractivity contribution in [1.82, 2.24) is 4.90 Å². The first-order valence-corrected chi connectivity index (χ1v) is 10.9. The Morgan fingerprint density at radius 3 is 2.33 bits per heavy atom. The average molecular weight is 405 g/mol. The summed E-state index contributed by atoms with van der Waals surface area (Å²) in [7, 11) is 0. The molecule has 1 saturated carbocycles. The summed E-state index contributed by atoms with van der Waals surface area (Å²) in [4.78, 5) is 26.7. The Kier molecular flexibility index (Phi) is 4.76. The highest BCUT2D eigenvalue weighted by Crippen LogP contribution is 2.47. The number of piperidine rings is 1. The maximum absolute atomic E-state index is 12.9. The van der Waals surface area contributed by atoms with Crippen LogP contribution >= 0.6 is 0 Å². The zero-order chi connectivity index (χ0) is 20.7. The fourth-order valence-electron chi connectivity index (χ4n) is 5.86. The van der Waals surface area contributed by atoms with Gasteiger partial charge < -0.3 is 14.7 Å². The molecule has 156 valence electrons. The van der Waals surface area contributed by atoms with Gasteiger partial charge in [-0.2, -0.15) is 0 Å². The lowest BCUT2D eigenvalue weighted by Crippen LogP contribution is -2.56. The van der Waals surface area contributed by atoms with Crippen molar-refractivity contribution in [1.29, 1.82) is 0 Å². The molecular formula is C25H27NO4. The quantitative estimate of drug-likeness (QED) is 0.789. The van der Waals surface area contributed by atoms with E-state index in [2.05, 4.69) is 24.3 Å². The number of amides is 1. The molecule has 0 aromatic heterocycles. The molecule has 1 amide bonds. The first-order valence-electron chi connectivity index (χ1n) is 10.9. The summed E-state index contributed by atoms with van der Waals surface area (Å²) in [6.07, 6.45) is 3.97. The molecule has 1 aliphatic heterocycles. The van der Waals surface area contributed by atoms with Crippen molar-refractivity contribution in [2.24, 2.45) is 11.3 Å². The van der Waals surface area contributed by atoms with Gasteiger partial charge in [-0.15, -0.1) is 0 Å². The van der Waals surface area contributed by atoms with Crippen molar-refractivity contribution in [3.05, 3.63) is 59.7 Å². The molecular weight excluding hydrogens is 378 g/mol. The molecule has 1 N–H and O–H groups in total. The maximum Gasteiger partial charge on any atom is 0.409 e. The van der Waals surface area contributed by atoms with Gasteiger partial charge in [-0.1, -0.05) is 61.4 Å². The van der Waals surface area contributed by atoms with Crippen LogP contribution in [0.15, 0.2) is 48.5 Å². The number of nitrogens with zero attached hydrogens (tertiary/aromatic N) is 1. The second-order valence-corrected chi connectivity index (χ2v) is 8.92. The van der Waals surface area contributed by atoms with E-state index in [1.165, 1.54) is 22.3 Å². The van der Waals surface area contributed by atoms with Crippen molar-refractivity contribution in [3.8, 4) is 11.1 Å². The van der Waals surface area contributed by atoms with Gasteiger partial charge in [-0.3, -0.25) is 4.79 Å². The zero-order valence-electron chi connectivity index (χ0n) is 17.0. The maximum atomic E-state index is 12.9. The third-order valence-corrected chi connectivity index (χ3v) is 7.45. The standard InChI is InChI=1S/C25H27NO4/c27-23(28)25-13-6-5-7-17(25)12-14-26(16-25)24(29)30-15-22-20-10-3-1-8-18(20)19-9-2-4-11-21(19)22/h1-4,8-11,17,22H,5-7,12-16H2,(H,27,28). The topological polar surface area (TPSA) is 66.8 Å². The fourth-order valence-corrected chi connectivity index (χ4v) is 5.86. The minimum Gasteiger partial charge on any atom is -0.481 e. The summed E-state index contributed by atoms with van der Waals surface area (Å²) in [5.74, 6) is -0.577. The Morgan fingerprint density at radius 1 is 1.00 bits per heavy atom. The van der Waals surface area contributed by atoms with E-state index in [4.69, 9.17) is 4.74 Å². The predicted molar refractivity (Wildman–Crippen MR) is 113 cm³/mol. The van der Waals surface area contributed by atoms with Gasteiger partial charge in [0.15, 0.2) is 0 Å². The normalized spacial score (nSPS) is 25.2. The van der Waals surface area contributed by atoms with Crippen LogP contribution in [0.1, 0.15) is 49.1 Å². The Hall–Kier alpha value is -2.82. The summed E-state index contributed by atoms with van der Waals surface area (Å²) in [5.41, 5.74) is 3.95. The highest BCUT2D eigenvalue weighted by atomic mass is 16.6. The molecule has 5 heteroatoms. The van der Waals surface area contributed by atoms with Crippen LogP contribution in [0.4, 0.5) is 4.79 Å². The molecule has 2 aliphatic carbocycles.